The standard InChI is InChI=1S/C18H17F3N4O3.C2HF3O2/c1-9-3-4-11(17(27,8-26)18(19,20)21)5-12(9)13-6-24-16(22)15(25-13)14-7-23-10(2)28-14;3-2(4,5)1(6)7/h3-7,26-27H,8H2,1-2H3,(H2,22,24);(H,6,7). The van der Waals surface area contributed by atoms with Crippen LogP contribution in [0.3, 0.4) is 0 Å². The maximum Gasteiger partial charge on any atom is 0.490 e. The topological polar surface area (TPSA) is 156 Å². The van der Waals surface area contributed by atoms with E-state index >= 15 is 0 Å². The lowest BCUT2D eigenvalue weighted by Crippen LogP contribution is -2.45. The van der Waals surface area contributed by atoms with E-state index in [2.05, 4.69) is 15.0 Å². The van der Waals surface area contributed by atoms with Crippen molar-refractivity contribution in [2.45, 2.75) is 31.8 Å². The molecule has 15 heteroatoms. The molecule has 0 amide bonds. The predicted octanol–water partition coefficient (Wildman–Crippen LogP) is 3.37. The van der Waals surface area contributed by atoms with Crippen LogP contribution in [-0.4, -0.2) is 55.2 Å². The van der Waals surface area contributed by atoms with Crippen molar-refractivity contribution in [3.8, 4) is 22.7 Å². The number of hydrogen-bond donors (Lipinski definition) is 4. The molecule has 0 saturated heterocycles. The molecule has 0 aliphatic carbocycles. The van der Waals surface area contributed by atoms with Gasteiger partial charge in [-0.25, -0.2) is 19.7 Å². The van der Waals surface area contributed by atoms with E-state index in [-0.39, 0.29) is 23.0 Å². The summed E-state index contributed by atoms with van der Waals surface area (Å²) >= 11 is 0. The summed E-state index contributed by atoms with van der Waals surface area (Å²) in [6.45, 7) is 1.79. The van der Waals surface area contributed by atoms with Crippen molar-refractivity contribution in [2.24, 2.45) is 0 Å². The van der Waals surface area contributed by atoms with Crippen LogP contribution in [0.4, 0.5) is 32.2 Å². The van der Waals surface area contributed by atoms with Gasteiger partial charge in [-0.15, -0.1) is 0 Å². The van der Waals surface area contributed by atoms with Crippen molar-refractivity contribution in [2.75, 3.05) is 12.3 Å². The van der Waals surface area contributed by atoms with Crippen LogP contribution in [0.25, 0.3) is 22.7 Å². The second-order valence-corrected chi connectivity index (χ2v) is 7.08. The van der Waals surface area contributed by atoms with E-state index in [4.69, 9.17) is 20.1 Å². The number of benzene rings is 1. The highest BCUT2D eigenvalue weighted by Crippen LogP contribution is 2.40. The largest absolute Gasteiger partial charge is 0.490 e. The molecule has 5 N–H and O–H groups in total. The lowest BCUT2D eigenvalue weighted by molar-refractivity contribution is -0.277. The van der Waals surface area contributed by atoms with E-state index in [1.54, 1.807) is 13.8 Å². The van der Waals surface area contributed by atoms with Crippen LogP contribution < -0.4 is 5.73 Å². The summed E-state index contributed by atoms with van der Waals surface area (Å²) in [6.07, 6.45) is -7.43. The molecule has 1 aromatic carbocycles. The number of carboxylic acid groups (broad SMARTS) is 1. The molecule has 0 bridgehead atoms. The summed E-state index contributed by atoms with van der Waals surface area (Å²) in [5.41, 5.74) is 3.22. The van der Waals surface area contributed by atoms with E-state index in [1.807, 2.05) is 0 Å². The van der Waals surface area contributed by atoms with Gasteiger partial charge in [-0.05, 0) is 24.1 Å². The van der Waals surface area contributed by atoms with Crippen molar-refractivity contribution < 1.29 is 50.9 Å². The number of hydrogen-bond acceptors (Lipinski definition) is 8. The average Bonchev–Trinajstić information content (AvgIpc) is 3.19. The number of carbonyl (C=O) groups is 1. The van der Waals surface area contributed by atoms with Crippen LogP contribution in [0.2, 0.25) is 0 Å². The number of nitrogens with two attached hydrogens (primary N) is 1. The molecule has 0 fully saturated rings. The number of aliphatic hydroxyl groups excluding tert-OH is 1. The number of alkyl halides is 6. The summed E-state index contributed by atoms with van der Waals surface area (Å²) in [5.74, 6) is -2.04. The van der Waals surface area contributed by atoms with E-state index in [0.717, 1.165) is 12.1 Å². The number of carboxylic acids is 1. The number of aliphatic carboxylic acids is 1. The highest BCUT2D eigenvalue weighted by atomic mass is 19.4. The van der Waals surface area contributed by atoms with Crippen molar-refractivity contribution >= 4 is 11.8 Å². The number of aryl methyl sites for hydroxylation is 2. The minimum absolute atomic E-state index is 0.0656. The van der Waals surface area contributed by atoms with Gasteiger partial charge in [0.2, 0.25) is 5.60 Å². The van der Waals surface area contributed by atoms with E-state index in [0.29, 0.717) is 17.0 Å². The fraction of sp³-hybridized carbons (Fsp3) is 0.300. The second kappa shape index (κ2) is 9.87. The Kier molecular flexibility index (Phi) is 7.76. The van der Waals surface area contributed by atoms with Gasteiger partial charge in [0.05, 0.1) is 24.7 Å². The molecule has 0 saturated carbocycles. The number of nitrogen functional groups attached to an aromatic ring is 1. The third-order valence-electron chi connectivity index (χ3n) is 4.59. The lowest BCUT2D eigenvalue weighted by Gasteiger charge is -2.29. The molecule has 2 heterocycles. The van der Waals surface area contributed by atoms with Crippen molar-refractivity contribution in [1.29, 1.82) is 0 Å². The van der Waals surface area contributed by atoms with Crippen molar-refractivity contribution in [3.05, 3.63) is 47.6 Å². The molecule has 2 aromatic heterocycles. The first-order chi connectivity index (χ1) is 16.0. The summed E-state index contributed by atoms with van der Waals surface area (Å²) in [5, 5.41) is 26.3. The molecule has 0 aliphatic heterocycles. The first-order valence-corrected chi connectivity index (χ1v) is 9.38. The van der Waals surface area contributed by atoms with E-state index in [9.17, 15) is 36.6 Å². The molecule has 1 atom stereocenters. The van der Waals surface area contributed by atoms with Crippen LogP contribution in [0, 0.1) is 13.8 Å². The normalized spacial score (nSPS) is 13.5. The van der Waals surface area contributed by atoms with Gasteiger partial charge in [0.25, 0.3) is 0 Å². The summed E-state index contributed by atoms with van der Waals surface area (Å²) in [4.78, 5) is 21.2. The minimum Gasteiger partial charge on any atom is -0.475 e. The Balaban J connectivity index is 0.000000540. The predicted molar refractivity (Wildman–Crippen MR) is 108 cm³/mol. The molecule has 0 spiro atoms. The second-order valence-electron chi connectivity index (χ2n) is 7.08. The van der Waals surface area contributed by atoms with Gasteiger partial charge in [-0.3, -0.25) is 0 Å². The zero-order valence-electron chi connectivity index (χ0n) is 17.9. The molecular formula is C20H18F6N4O5. The molecule has 0 aliphatic rings. The van der Waals surface area contributed by atoms with Crippen LogP contribution >= 0.6 is 0 Å². The van der Waals surface area contributed by atoms with E-state index in [1.165, 1.54) is 18.5 Å². The summed E-state index contributed by atoms with van der Waals surface area (Å²) < 4.78 is 77.0. The minimum atomic E-state index is -5.08. The van der Waals surface area contributed by atoms with Gasteiger partial charge in [-0.1, -0.05) is 12.1 Å². The third kappa shape index (κ3) is 6.05. The number of aromatic nitrogens is 3. The summed E-state index contributed by atoms with van der Waals surface area (Å²) in [7, 11) is 0. The number of aliphatic hydroxyl groups is 2. The van der Waals surface area contributed by atoms with Gasteiger partial charge < -0.3 is 25.5 Å². The maximum atomic E-state index is 13.3. The van der Waals surface area contributed by atoms with Crippen LogP contribution in [0.15, 0.2) is 35.0 Å². The van der Waals surface area contributed by atoms with Crippen LogP contribution in [0.5, 0.6) is 0 Å². The molecule has 3 aromatic rings. The fourth-order valence-electron chi connectivity index (χ4n) is 2.68. The Morgan fingerprint density at radius 3 is 2.14 bits per heavy atom. The number of halogens is 6. The molecule has 3 rings (SSSR count). The van der Waals surface area contributed by atoms with Gasteiger partial charge in [0, 0.05) is 12.5 Å². The quantitative estimate of drug-likeness (QED) is 0.388. The van der Waals surface area contributed by atoms with Crippen LogP contribution in [0.1, 0.15) is 17.0 Å². The van der Waals surface area contributed by atoms with E-state index < -0.39 is 36.1 Å². The lowest BCUT2D eigenvalue weighted by atomic mass is 9.90. The Morgan fingerprint density at radius 2 is 1.69 bits per heavy atom. The summed E-state index contributed by atoms with van der Waals surface area (Å²) in [6, 6.07) is 3.62. The number of oxazole rings is 1. The zero-order valence-corrected chi connectivity index (χ0v) is 17.9. The Morgan fingerprint density at radius 1 is 1.09 bits per heavy atom. The maximum absolute atomic E-state index is 13.3. The van der Waals surface area contributed by atoms with Crippen molar-refractivity contribution in [3.63, 3.8) is 0 Å². The highest BCUT2D eigenvalue weighted by Gasteiger charge is 2.54. The average molecular weight is 508 g/mol. The van der Waals surface area contributed by atoms with Crippen molar-refractivity contribution in [1.82, 2.24) is 15.0 Å². The molecule has 9 nitrogen and oxygen atoms in total. The Bertz CT molecular complexity index is 1210. The molecule has 190 valence electrons. The fourth-order valence-corrected chi connectivity index (χ4v) is 2.68. The molecule has 35 heavy (non-hydrogen) atoms. The van der Waals surface area contributed by atoms with Gasteiger partial charge in [-0.2, -0.15) is 26.3 Å². The number of rotatable bonds is 4. The number of anilines is 1. The zero-order chi connectivity index (χ0) is 26.8. The number of nitrogens with zero attached hydrogens (tertiary/aromatic N) is 3. The Labute approximate surface area is 192 Å². The third-order valence-corrected chi connectivity index (χ3v) is 4.59. The highest BCUT2D eigenvalue weighted by molar-refractivity contribution is 5.73. The van der Waals surface area contributed by atoms with Gasteiger partial charge >= 0.3 is 18.3 Å². The Hall–Kier alpha value is -3.72. The SMILES string of the molecule is Cc1ncc(-c2nc(-c3cc(C(O)(CO)C(F)(F)F)ccc3C)cnc2N)o1.O=C(O)C(F)(F)F. The molecular weight excluding hydrogens is 490 g/mol. The molecule has 0 radical (unpaired) electrons. The molecule has 1 unspecified atom stereocenters. The first kappa shape index (κ1) is 27.5. The van der Waals surface area contributed by atoms with Gasteiger partial charge in [0.15, 0.2) is 23.2 Å². The smallest absolute Gasteiger partial charge is 0.475 e. The van der Waals surface area contributed by atoms with Crippen LogP contribution in [-0.2, 0) is 10.4 Å². The monoisotopic (exact) mass is 508 g/mol. The first-order valence-electron chi connectivity index (χ1n) is 9.38. The van der Waals surface area contributed by atoms with Gasteiger partial charge in [0.1, 0.15) is 0 Å².